The molecule has 1 aliphatic carbocycles. The van der Waals surface area contributed by atoms with Gasteiger partial charge in [-0.3, -0.25) is 0 Å². The Labute approximate surface area is 109 Å². The summed E-state index contributed by atoms with van der Waals surface area (Å²) in [5, 5.41) is 3.35. The molecule has 0 unspecified atom stereocenters. The molecule has 0 amide bonds. The zero-order valence-corrected chi connectivity index (χ0v) is 11.7. The van der Waals surface area contributed by atoms with Gasteiger partial charge in [-0.1, -0.05) is 33.8 Å². The van der Waals surface area contributed by atoms with Crippen LogP contribution < -0.4 is 11.1 Å². The lowest BCUT2D eigenvalue weighted by atomic mass is 10.0. The van der Waals surface area contributed by atoms with Gasteiger partial charge in [-0.05, 0) is 35.4 Å². The van der Waals surface area contributed by atoms with Gasteiger partial charge in [-0.2, -0.15) is 0 Å². The smallest absolute Gasteiger partial charge is 0.129 e. The van der Waals surface area contributed by atoms with Gasteiger partial charge in [0.15, 0.2) is 0 Å². The van der Waals surface area contributed by atoms with Crippen molar-refractivity contribution in [1.29, 1.82) is 0 Å². The summed E-state index contributed by atoms with van der Waals surface area (Å²) >= 11 is 0. The third-order valence-corrected chi connectivity index (χ3v) is 5.06. The lowest BCUT2D eigenvalue weighted by Crippen LogP contribution is -2.19. The SMILES string of the molecule is CC1(C)C(CNCc2ccc(N)cc2F)C1(C)C. The first-order valence-electron chi connectivity index (χ1n) is 6.51. The van der Waals surface area contributed by atoms with Crippen LogP contribution in [0, 0.1) is 22.6 Å². The van der Waals surface area contributed by atoms with E-state index < -0.39 is 0 Å². The first-order chi connectivity index (χ1) is 8.26. The van der Waals surface area contributed by atoms with Crippen LogP contribution >= 0.6 is 0 Å². The number of nitrogen functional groups attached to an aromatic ring is 1. The summed E-state index contributed by atoms with van der Waals surface area (Å²) in [6.07, 6.45) is 0. The lowest BCUT2D eigenvalue weighted by molar-refractivity contribution is 0.457. The zero-order valence-electron chi connectivity index (χ0n) is 11.7. The molecule has 18 heavy (non-hydrogen) atoms. The third-order valence-electron chi connectivity index (χ3n) is 5.06. The van der Waals surface area contributed by atoms with E-state index in [9.17, 15) is 4.39 Å². The van der Waals surface area contributed by atoms with Crippen molar-refractivity contribution >= 4 is 5.69 Å². The first kappa shape index (κ1) is 13.3. The minimum atomic E-state index is -0.225. The molecule has 0 spiro atoms. The first-order valence-corrected chi connectivity index (χ1v) is 6.51. The molecule has 3 heteroatoms. The van der Waals surface area contributed by atoms with Crippen molar-refractivity contribution in [1.82, 2.24) is 5.32 Å². The van der Waals surface area contributed by atoms with Gasteiger partial charge in [0.05, 0.1) is 0 Å². The number of rotatable bonds is 4. The topological polar surface area (TPSA) is 38.0 Å². The summed E-state index contributed by atoms with van der Waals surface area (Å²) in [4.78, 5) is 0. The van der Waals surface area contributed by atoms with Gasteiger partial charge in [-0.15, -0.1) is 0 Å². The highest BCUT2D eigenvalue weighted by Crippen LogP contribution is 2.67. The summed E-state index contributed by atoms with van der Waals surface area (Å²) in [5.41, 5.74) is 7.43. The maximum Gasteiger partial charge on any atom is 0.129 e. The molecule has 0 aliphatic heterocycles. The number of nitrogens with two attached hydrogens (primary N) is 1. The Bertz CT molecular complexity index is 438. The second-order valence-electron chi connectivity index (χ2n) is 6.48. The molecule has 1 aromatic carbocycles. The average Bonchev–Trinajstić information content (AvgIpc) is 2.63. The lowest BCUT2D eigenvalue weighted by Gasteiger charge is -2.07. The van der Waals surface area contributed by atoms with Crippen molar-refractivity contribution < 1.29 is 4.39 Å². The standard InChI is InChI=1S/C15H23FN2/c1-14(2)13(15(14,3)4)9-18-8-10-5-6-11(17)7-12(10)16/h5-7,13,18H,8-9,17H2,1-4H3. The number of benzene rings is 1. The van der Waals surface area contributed by atoms with Crippen LogP contribution in [0.15, 0.2) is 18.2 Å². The Morgan fingerprint density at radius 3 is 2.33 bits per heavy atom. The highest BCUT2D eigenvalue weighted by atomic mass is 19.1. The van der Waals surface area contributed by atoms with Crippen LogP contribution in [0.3, 0.4) is 0 Å². The predicted octanol–water partition coefficient (Wildman–Crippen LogP) is 3.18. The Morgan fingerprint density at radius 2 is 1.83 bits per heavy atom. The van der Waals surface area contributed by atoms with Crippen LogP contribution in [0.25, 0.3) is 0 Å². The molecule has 1 aliphatic rings. The monoisotopic (exact) mass is 250 g/mol. The molecule has 3 N–H and O–H groups in total. The van der Waals surface area contributed by atoms with E-state index in [0.717, 1.165) is 6.54 Å². The van der Waals surface area contributed by atoms with Crippen molar-refractivity contribution in [3.63, 3.8) is 0 Å². The van der Waals surface area contributed by atoms with E-state index in [-0.39, 0.29) is 5.82 Å². The molecule has 0 saturated heterocycles. The van der Waals surface area contributed by atoms with Gasteiger partial charge in [-0.25, -0.2) is 4.39 Å². The van der Waals surface area contributed by atoms with Gasteiger partial charge in [0.1, 0.15) is 5.82 Å². The Hall–Kier alpha value is -1.09. The van der Waals surface area contributed by atoms with Gasteiger partial charge < -0.3 is 11.1 Å². The van der Waals surface area contributed by atoms with Crippen LogP contribution in [0.1, 0.15) is 33.3 Å². The van der Waals surface area contributed by atoms with Gasteiger partial charge in [0.2, 0.25) is 0 Å². The summed E-state index contributed by atoms with van der Waals surface area (Å²) in [6.45, 7) is 10.7. The third kappa shape index (κ3) is 2.12. The molecule has 0 bridgehead atoms. The summed E-state index contributed by atoms with van der Waals surface area (Å²) < 4.78 is 13.6. The van der Waals surface area contributed by atoms with Crippen molar-refractivity contribution in [2.45, 2.75) is 34.2 Å². The maximum absolute atomic E-state index is 13.6. The van der Waals surface area contributed by atoms with E-state index in [1.807, 2.05) is 0 Å². The molecule has 1 aromatic rings. The van der Waals surface area contributed by atoms with Crippen LogP contribution in [0.5, 0.6) is 0 Å². The van der Waals surface area contributed by atoms with Crippen molar-refractivity contribution in [3.05, 3.63) is 29.6 Å². The normalized spacial score (nSPS) is 20.9. The maximum atomic E-state index is 13.6. The second kappa shape index (κ2) is 4.23. The predicted molar refractivity (Wildman–Crippen MR) is 73.6 cm³/mol. The molecule has 2 rings (SSSR count). The minimum Gasteiger partial charge on any atom is -0.399 e. The van der Waals surface area contributed by atoms with E-state index in [2.05, 4.69) is 33.0 Å². The molecule has 1 saturated carbocycles. The Kier molecular flexibility index (Phi) is 3.14. The zero-order chi connectivity index (χ0) is 13.6. The average molecular weight is 250 g/mol. The van der Waals surface area contributed by atoms with Crippen molar-refractivity contribution in [2.75, 3.05) is 12.3 Å². The molecule has 100 valence electrons. The van der Waals surface area contributed by atoms with Gasteiger partial charge in [0.25, 0.3) is 0 Å². The van der Waals surface area contributed by atoms with Crippen LogP contribution in [-0.2, 0) is 6.54 Å². The number of hydrogen-bond donors (Lipinski definition) is 2. The van der Waals surface area contributed by atoms with E-state index in [1.54, 1.807) is 12.1 Å². The molecule has 0 heterocycles. The molecule has 0 radical (unpaired) electrons. The Morgan fingerprint density at radius 1 is 1.22 bits per heavy atom. The number of nitrogens with one attached hydrogen (secondary N) is 1. The van der Waals surface area contributed by atoms with Crippen molar-refractivity contribution in [2.24, 2.45) is 16.7 Å². The second-order valence-corrected chi connectivity index (χ2v) is 6.48. The van der Waals surface area contributed by atoms with E-state index >= 15 is 0 Å². The highest BCUT2D eigenvalue weighted by Gasteiger charge is 2.63. The fourth-order valence-corrected chi connectivity index (χ4v) is 2.90. The number of halogens is 1. The minimum absolute atomic E-state index is 0.225. The van der Waals surface area contributed by atoms with Crippen molar-refractivity contribution in [3.8, 4) is 0 Å². The van der Waals surface area contributed by atoms with E-state index in [0.29, 0.717) is 34.5 Å². The molecule has 1 fully saturated rings. The van der Waals surface area contributed by atoms with Crippen LogP contribution in [-0.4, -0.2) is 6.54 Å². The number of hydrogen-bond acceptors (Lipinski definition) is 2. The molecular weight excluding hydrogens is 227 g/mol. The van der Waals surface area contributed by atoms with E-state index in [1.165, 1.54) is 6.07 Å². The molecule has 0 atom stereocenters. The quantitative estimate of drug-likeness (QED) is 0.805. The van der Waals surface area contributed by atoms with Gasteiger partial charge in [0, 0.05) is 17.8 Å². The Balaban J connectivity index is 1.87. The molecule has 0 aromatic heterocycles. The summed E-state index contributed by atoms with van der Waals surface area (Å²) in [5.74, 6) is 0.429. The molecular formula is C15H23FN2. The van der Waals surface area contributed by atoms with Crippen LogP contribution in [0.4, 0.5) is 10.1 Å². The van der Waals surface area contributed by atoms with Gasteiger partial charge >= 0.3 is 0 Å². The number of anilines is 1. The van der Waals surface area contributed by atoms with Crippen LogP contribution in [0.2, 0.25) is 0 Å². The fourth-order valence-electron chi connectivity index (χ4n) is 2.90. The fraction of sp³-hybridized carbons (Fsp3) is 0.600. The molecule has 2 nitrogen and oxygen atoms in total. The summed E-state index contributed by atoms with van der Waals surface area (Å²) in [6, 6.07) is 4.87. The van der Waals surface area contributed by atoms with E-state index in [4.69, 9.17) is 5.73 Å². The largest absolute Gasteiger partial charge is 0.399 e. The summed E-state index contributed by atoms with van der Waals surface area (Å²) in [7, 11) is 0. The highest BCUT2D eigenvalue weighted by molar-refractivity contribution is 5.40.